The predicted molar refractivity (Wildman–Crippen MR) is 97.2 cm³/mol. The van der Waals surface area contributed by atoms with Crippen molar-refractivity contribution in [3.05, 3.63) is 57.8 Å². The van der Waals surface area contributed by atoms with Gasteiger partial charge in [0.2, 0.25) is 0 Å². The molecule has 2 aromatic heterocycles. The minimum Gasteiger partial charge on any atom is -0.297 e. The molecule has 0 amide bonds. The second-order valence-corrected chi connectivity index (χ2v) is 7.19. The zero-order valence-corrected chi connectivity index (χ0v) is 14.4. The Balaban J connectivity index is 2.18. The van der Waals surface area contributed by atoms with Crippen LogP contribution in [0.4, 0.5) is 0 Å². The van der Waals surface area contributed by atoms with Gasteiger partial charge in [-0.3, -0.25) is 4.79 Å². The zero-order chi connectivity index (χ0) is 15.5. The highest BCUT2D eigenvalue weighted by Gasteiger charge is 2.15. The monoisotopic (exact) mass is 326 g/mol. The summed E-state index contributed by atoms with van der Waals surface area (Å²) in [4.78, 5) is 14.3. The van der Waals surface area contributed by atoms with Gasteiger partial charge < -0.3 is 0 Å². The fourth-order valence-corrected chi connectivity index (χ4v) is 4.61. The van der Waals surface area contributed by atoms with Gasteiger partial charge in [-0.05, 0) is 58.7 Å². The number of carbonyl (C=O) groups is 1. The first-order valence-electron chi connectivity index (χ1n) is 7.52. The van der Waals surface area contributed by atoms with Crippen LogP contribution in [0.5, 0.6) is 0 Å². The van der Waals surface area contributed by atoms with Crippen LogP contribution in [-0.2, 0) is 12.8 Å². The van der Waals surface area contributed by atoms with Crippen LogP contribution in [0.25, 0.3) is 20.9 Å². The molecule has 0 N–H and O–H groups in total. The molecule has 0 unspecified atom stereocenters. The normalized spacial score (nSPS) is 10.8. The number of rotatable bonds is 5. The molecular formula is C19H18OS2. The van der Waals surface area contributed by atoms with Crippen LogP contribution in [0.3, 0.4) is 0 Å². The summed E-state index contributed by atoms with van der Waals surface area (Å²) in [6.45, 7) is 4.44. The maximum Gasteiger partial charge on any atom is 0.160 e. The van der Waals surface area contributed by atoms with Crippen LogP contribution in [-0.4, -0.2) is 6.29 Å². The largest absolute Gasteiger partial charge is 0.297 e. The van der Waals surface area contributed by atoms with Gasteiger partial charge >= 0.3 is 0 Å². The molecule has 3 aromatic rings. The van der Waals surface area contributed by atoms with Crippen molar-refractivity contribution in [3.63, 3.8) is 0 Å². The smallest absolute Gasteiger partial charge is 0.160 e. The van der Waals surface area contributed by atoms with Crippen molar-refractivity contribution in [1.29, 1.82) is 0 Å². The van der Waals surface area contributed by atoms with Crippen molar-refractivity contribution in [2.45, 2.75) is 26.7 Å². The molecule has 112 valence electrons. The van der Waals surface area contributed by atoms with Crippen molar-refractivity contribution < 1.29 is 4.79 Å². The van der Waals surface area contributed by atoms with Crippen LogP contribution in [0.15, 0.2) is 41.8 Å². The van der Waals surface area contributed by atoms with Gasteiger partial charge in [0.15, 0.2) is 6.29 Å². The molecule has 1 nitrogen and oxygen atoms in total. The average Bonchev–Trinajstić information content (AvgIpc) is 3.24. The molecule has 3 rings (SSSR count). The van der Waals surface area contributed by atoms with E-state index < -0.39 is 0 Å². The van der Waals surface area contributed by atoms with E-state index in [1.807, 2.05) is 6.07 Å². The maximum atomic E-state index is 11.0. The molecule has 0 aliphatic rings. The number of thiophene rings is 2. The molecule has 22 heavy (non-hydrogen) atoms. The van der Waals surface area contributed by atoms with E-state index in [0.717, 1.165) is 24.0 Å². The number of carbonyl (C=O) groups excluding carboxylic acids is 1. The second-order valence-electron chi connectivity index (χ2n) is 5.12. The van der Waals surface area contributed by atoms with Crippen molar-refractivity contribution >= 4 is 29.0 Å². The lowest BCUT2D eigenvalue weighted by Gasteiger charge is -2.16. The lowest BCUT2D eigenvalue weighted by atomic mass is 9.91. The molecule has 1 aromatic carbocycles. The van der Waals surface area contributed by atoms with E-state index in [-0.39, 0.29) is 0 Å². The summed E-state index contributed by atoms with van der Waals surface area (Å²) < 4.78 is 0. The number of hydrogen-bond donors (Lipinski definition) is 0. The quantitative estimate of drug-likeness (QED) is 0.519. The SMILES string of the molecule is CCc1c(-c2cccs2)ccc(-c2ccc(C=O)s2)c1CC. The fraction of sp³-hybridized carbons (Fsp3) is 0.211. The number of benzene rings is 1. The van der Waals surface area contributed by atoms with Crippen LogP contribution >= 0.6 is 22.7 Å². The minimum atomic E-state index is 0.789. The lowest BCUT2D eigenvalue weighted by molar-refractivity contribution is 0.112. The van der Waals surface area contributed by atoms with Gasteiger partial charge in [0.1, 0.15) is 0 Å². The van der Waals surface area contributed by atoms with Gasteiger partial charge in [0, 0.05) is 9.75 Å². The van der Waals surface area contributed by atoms with E-state index >= 15 is 0 Å². The van der Waals surface area contributed by atoms with Crippen LogP contribution in [0, 0.1) is 0 Å². The van der Waals surface area contributed by atoms with E-state index in [9.17, 15) is 4.79 Å². The maximum absolute atomic E-state index is 11.0. The minimum absolute atomic E-state index is 0.789. The molecule has 0 spiro atoms. The standard InChI is InChI=1S/C19H18OS2/c1-3-14-15(4-2)17(19-10-7-13(12-20)22-19)9-8-16(14)18-6-5-11-21-18/h5-12H,3-4H2,1-2H3. The Morgan fingerprint density at radius 1 is 0.909 bits per heavy atom. The van der Waals surface area contributed by atoms with Gasteiger partial charge in [0.05, 0.1) is 4.88 Å². The summed E-state index contributed by atoms with van der Waals surface area (Å²) in [6, 6.07) is 12.7. The Labute approximate surface area is 139 Å². The van der Waals surface area contributed by atoms with Crippen molar-refractivity contribution in [3.8, 4) is 20.9 Å². The molecule has 0 saturated heterocycles. The van der Waals surface area contributed by atoms with Gasteiger partial charge in [-0.15, -0.1) is 22.7 Å². The zero-order valence-electron chi connectivity index (χ0n) is 12.8. The summed E-state index contributed by atoms with van der Waals surface area (Å²) in [7, 11) is 0. The fourth-order valence-electron chi connectivity index (χ4n) is 2.96. The first-order valence-corrected chi connectivity index (χ1v) is 9.22. The summed E-state index contributed by atoms with van der Waals surface area (Å²) >= 11 is 3.36. The second kappa shape index (κ2) is 6.59. The summed E-state index contributed by atoms with van der Waals surface area (Å²) in [5, 5.41) is 2.13. The van der Waals surface area contributed by atoms with E-state index in [1.165, 1.54) is 32.0 Å². The Hall–Kier alpha value is -1.71. The van der Waals surface area contributed by atoms with Crippen molar-refractivity contribution in [2.24, 2.45) is 0 Å². The van der Waals surface area contributed by atoms with E-state index in [1.54, 1.807) is 22.7 Å². The van der Waals surface area contributed by atoms with Gasteiger partial charge in [-0.25, -0.2) is 0 Å². The molecule has 0 atom stereocenters. The Morgan fingerprint density at radius 2 is 1.59 bits per heavy atom. The number of aldehydes is 1. The number of hydrogen-bond acceptors (Lipinski definition) is 3. The first-order chi connectivity index (χ1) is 10.8. The highest BCUT2D eigenvalue weighted by Crippen LogP contribution is 2.38. The molecule has 0 aliphatic carbocycles. The topological polar surface area (TPSA) is 17.1 Å². The van der Waals surface area contributed by atoms with Crippen LogP contribution in [0.2, 0.25) is 0 Å². The van der Waals surface area contributed by atoms with Gasteiger partial charge in [-0.2, -0.15) is 0 Å². The molecule has 0 aliphatic heterocycles. The highest BCUT2D eigenvalue weighted by atomic mass is 32.1. The van der Waals surface area contributed by atoms with Crippen molar-refractivity contribution in [1.82, 2.24) is 0 Å². The Morgan fingerprint density at radius 3 is 2.09 bits per heavy atom. The molecule has 0 radical (unpaired) electrons. The Bertz CT molecular complexity index is 782. The molecular weight excluding hydrogens is 308 g/mol. The van der Waals surface area contributed by atoms with Gasteiger partial charge in [-0.1, -0.05) is 32.0 Å². The average molecular weight is 326 g/mol. The van der Waals surface area contributed by atoms with E-state index in [2.05, 4.69) is 49.6 Å². The highest BCUT2D eigenvalue weighted by molar-refractivity contribution is 7.17. The summed E-state index contributed by atoms with van der Waals surface area (Å²) in [5.74, 6) is 0. The molecule has 0 bridgehead atoms. The first kappa shape index (κ1) is 15.2. The third-order valence-electron chi connectivity index (χ3n) is 3.93. The summed E-state index contributed by atoms with van der Waals surface area (Å²) in [6.07, 6.45) is 2.96. The van der Waals surface area contributed by atoms with Crippen LogP contribution < -0.4 is 0 Å². The third-order valence-corrected chi connectivity index (χ3v) is 5.88. The summed E-state index contributed by atoms with van der Waals surface area (Å²) in [5.41, 5.74) is 5.47. The van der Waals surface area contributed by atoms with E-state index in [0.29, 0.717) is 0 Å². The lowest BCUT2D eigenvalue weighted by Crippen LogP contribution is -1.97. The Kier molecular flexibility index (Phi) is 4.55. The molecule has 2 heterocycles. The van der Waals surface area contributed by atoms with Gasteiger partial charge in [0.25, 0.3) is 0 Å². The molecule has 0 fully saturated rings. The molecule has 0 saturated carbocycles. The van der Waals surface area contributed by atoms with Crippen LogP contribution in [0.1, 0.15) is 34.6 Å². The van der Waals surface area contributed by atoms with E-state index in [4.69, 9.17) is 0 Å². The third kappa shape index (κ3) is 2.67. The van der Waals surface area contributed by atoms with Crippen molar-refractivity contribution in [2.75, 3.05) is 0 Å². The predicted octanol–water partition coefficient (Wildman–Crippen LogP) is 6.08. The molecule has 3 heteroatoms.